The number of carbonyl (C=O) groups excluding carboxylic acids is 1. The summed E-state index contributed by atoms with van der Waals surface area (Å²) in [6, 6.07) is 16.6. The van der Waals surface area contributed by atoms with E-state index >= 15 is 0 Å². The van der Waals surface area contributed by atoms with Gasteiger partial charge in [-0.15, -0.1) is 0 Å². The van der Waals surface area contributed by atoms with Crippen molar-refractivity contribution in [3.8, 4) is 11.3 Å². The van der Waals surface area contributed by atoms with Gasteiger partial charge in [0.25, 0.3) is 5.24 Å². The highest BCUT2D eigenvalue weighted by molar-refractivity contribution is 6.68. The first-order chi connectivity index (χ1) is 9.66. The van der Waals surface area contributed by atoms with E-state index in [9.17, 15) is 4.79 Å². The van der Waals surface area contributed by atoms with Crippen LogP contribution in [0.4, 0.5) is 0 Å². The van der Waals surface area contributed by atoms with Gasteiger partial charge in [0.15, 0.2) is 0 Å². The average molecular weight is 302 g/mol. The monoisotopic (exact) mass is 301 g/mol. The number of para-hydroxylation sites is 1. The molecule has 4 heteroatoms. The molecule has 98 valence electrons. The second-order valence-corrected chi connectivity index (χ2v) is 5.08. The minimum atomic E-state index is -0.517. The van der Waals surface area contributed by atoms with E-state index in [-0.39, 0.29) is 0 Å². The molecule has 3 rings (SSSR count). The summed E-state index contributed by atoms with van der Waals surface area (Å²) in [6.45, 7) is 0. The summed E-state index contributed by atoms with van der Waals surface area (Å²) in [5.41, 5.74) is 2.58. The van der Waals surface area contributed by atoms with E-state index in [4.69, 9.17) is 23.2 Å². The molecule has 0 saturated heterocycles. The maximum atomic E-state index is 11.6. The summed E-state index contributed by atoms with van der Waals surface area (Å²) >= 11 is 11.9. The van der Waals surface area contributed by atoms with Gasteiger partial charge < -0.3 is 0 Å². The third-order valence-electron chi connectivity index (χ3n) is 3.07. The summed E-state index contributed by atoms with van der Waals surface area (Å²) in [5, 5.41) is 0.647. The quantitative estimate of drug-likeness (QED) is 0.628. The van der Waals surface area contributed by atoms with Gasteiger partial charge in [0.05, 0.1) is 16.2 Å². The number of rotatable bonds is 2. The van der Waals surface area contributed by atoms with Gasteiger partial charge in [0, 0.05) is 16.5 Å². The number of hydrogen-bond acceptors (Lipinski definition) is 2. The minimum absolute atomic E-state index is 0.415. The highest BCUT2D eigenvalue weighted by Crippen LogP contribution is 2.29. The van der Waals surface area contributed by atoms with Gasteiger partial charge in [0.1, 0.15) is 0 Å². The molecule has 0 radical (unpaired) electrons. The van der Waals surface area contributed by atoms with Crippen molar-refractivity contribution in [2.24, 2.45) is 0 Å². The van der Waals surface area contributed by atoms with E-state index < -0.39 is 5.24 Å². The van der Waals surface area contributed by atoms with Crippen LogP contribution in [0.3, 0.4) is 0 Å². The van der Waals surface area contributed by atoms with Crippen molar-refractivity contribution in [1.82, 2.24) is 4.98 Å². The molecular formula is C16H9Cl2NO. The maximum absolute atomic E-state index is 11.6. The Hall–Kier alpha value is -1.90. The molecule has 2 aromatic carbocycles. The molecule has 2 nitrogen and oxygen atoms in total. The molecule has 1 aromatic heterocycles. The van der Waals surface area contributed by atoms with Crippen LogP contribution in [0.15, 0.2) is 54.6 Å². The number of fused-ring (bicyclic) bond motifs is 1. The molecule has 0 aliphatic heterocycles. The maximum Gasteiger partial charge on any atom is 0.253 e. The minimum Gasteiger partial charge on any atom is -0.276 e. The Morgan fingerprint density at radius 2 is 1.75 bits per heavy atom. The van der Waals surface area contributed by atoms with E-state index in [0.717, 1.165) is 5.56 Å². The van der Waals surface area contributed by atoms with Crippen molar-refractivity contribution in [3.05, 3.63) is 65.2 Å². The van der Waals surface area contributed by atoms with Crippen molar-refractivity contribution in [1.29, 1.82) is 0 Å². The zero-order valence-corrected chi connectivity index (χ0v) is 11.8. The lowest BCUT2D eigenvalue weighted by Crippen LogP contribution is -1.96. The summed E-state index contributed by atoms with van der Waals surface area (Å²) in [7, 11) is 0. The van der Waals surface area contributed by atoms with Crippen molar-refractivity contribution in [2.45, 2.75) is 0 Å². The molecule has 0 bridgehead atoms. The molecule has 0 fully saturated rings. The summed E-state index contributed by atoms with van der Waals surface area (Å²) in [5.74, 6) is 0. The second-order valence-electron chi connectivity index (χ2n) is 4.33. The molecule has 3 aromatic rings. The Balaban J connectivity index is 2.36. The zero-order valence-electron chi connectivity index (χ0n) is 10.3. The third-order valence-corrected chi connectivity index (χ3v) is 3.58. The topological polar surface area (TPSA) is 30.0 Å². The number of pyridine rings is 1. The predicted molar refractivity (Wildman–Crippen MR) is 82.4 cm³/mol. The van der Waals surface area contributed by atoms with Crippen LogP contribution < -0.4 is 0 Å². The van der Waals surface area contributed by atoms with Crippen LogP contribution in [0.5, 0.6) is 0 Å². The molecule has 1 heterocycles. The van der Waals surface area contributed by atoms with Crippen LogP contribution in [-0.2, 0) is 0 Å². The molecule has 0 amide bonds. The highest BCUT2D eigenvalue weighted by Gasteiger charge is 2.13. The number of hydrogen-bond donors (Lipinski definition) is 0. The molecule has 0 N–H and O–H groups in total. The molecule has 0 saturated carbocycles. The fraction of sp³-hybridized carbons (Fsp3) is 0. The lowest BCUT2D eigenvalue weighted by atomic mass is 10.0. The molecule has 0 atom stereocenters. The van der Waals surface area contributed by atoms with Gasteiger partial charge >= 0.3 is 0 Å². The first kappa shape index (κ1) is 13.1. The Morgan fingerprint density at radius 3 is 2.45 bits per heavy atom. The number of halogens is 2. The van der Waals surface area contributed by atoms with Crippen LogP contribution in [0.1, 0.15) is 10.4 Å². The van der Waals surface area contributed by atoms with Crippen LogP contribution in [0, 0.1) is 0 Å². The van der Waals surface area contributed by atoms with Gasteiger partial charge in [-0.05, 0) is 23.7 Å². The molecule has 0 aliphatic carbocycles. The summed E-state index contributed by atoms with van der Waals surface area (Å²) in [4.78, 5) is 16.2. The number of carbonyl (C=O) groups is 1. The van der Waals surface area contributed by atoms with Crippen molar-refractivity contribution in [3.63, 3.8) is 0 Å². The molecule has 20 heavy (non-hydrogen) atoms. The van der Waals surface area contributed by atoms with Gasteiger partial charge in [-0.2, -0.15) is 0 Å². The molecule has 0 spiro atoms. The Morgan fingerprint density at radius 1 is 1.00 bits per heavy atom. The summed E-state index contributed by atoms with van der Waals surface area (Å²) < 4.78 is 0. The van der Waals surface area contributed by atoms with E-state index in [2.05, 4.69) is 4.98 Å². The second kappa shape index (κ2) is 5.23. The van der Waals surface area contributed by atoms with Crippen molar-refractivity contribution >= 4 is 39.3 Å². The predicted octanol–water partition coefficient (Wildman–Crippen LogP) is 4.93. The van der Waals surface area contributed by atoms with Crippen LogP contribution in [0.2, 0.25) is 5.02 Å². The smallest absolute Gasteiger partial charge is 0.253 e. The van der Waals surface area contributed by atoms with Gasteiger partial charge in [-0.25, -0.2) is 4.98 Å². The third kappa shape index (κ3) is 2.28. The largest absolute Gasteiger partial charge is 0.276 e. The Labute approximate surface area is 126 Å². The average Bonchev–Trinajstić information content (AvgIpc) is 2.47. The molecule has 0 aliphatic rings. The van der Waals surface area contributed by atoms with E-state index in [1.165, 1.54) is 0 Å². The lowest BCUT2D eigenvalue weighted by Gasteiger charge is -2.08. The van der Waals surface area contributed by atoms with Crippen molar-refractivity contribution in [2.75, 3.05) is 0 Å². The van der Waals surface area contributed by atoms with Gasteiger partial charge in [-0.3, -0.25) is 4.79 Å². The van der Waals surface area contributed by atoms with E-state index in [1.54, 1.807) is 24.3 Å². The first-order valence-corrected chi connectivity index (χ1v) is 6.77. The SMILES string of the molecule is O=C(Cl)c1cc(-c2ccccc2)nc2c(Cl)cccc12. The first-order valence-electron chi connectivity index (χ1n) is 6.01. The van der Waals surface area contributed by atoms with E-state index in [0.29, 0.717) is 27.2 Å². The van der Waals surface area contributed by atoms with Gasteiger partial charge in [-0.1, -0.05) is 54.1 Å². The van der Waals surface area contributed by atoms with Crippen LogP contribution in [0.25, 0.3) is 22.2 Å². The Kier molecular flexibility index (Phi) is 3.43. The standard InChI is InChI=1S/C16H9Cl2NO/c17-13-8-4-7-11-12(16(18)20)9-14(19-15(11)13)10-5-2-1-3-6-10/h1-9H. The molecule has 0 unspecified atom stereocenters. The van der Waals surface area contributed by atoms with Crippen molar-refractivity contribution < 1.29 is 4.79 Å². The fourth-order valence-electron chi connectivity index (χ4n) is 2.13. The highest BCUT2D eigenvalue weighted by atomic mass is 35.5. The zero-order chi connectivity index (χ0) is 14.1. The number of benzene rings is 2. The summed E-state index contributed by atoms with van der Waals surface area (Å²) in [6.07, 6.45) is 0. The van der Waals surface area contributed by atoms with E-state index in [1.807, 2.05) is 30.3 Å². The number of aromatic nitrogens is 1. The lowest BCUT2D eigenvalue weighted by molar-refractivity contribution is 0.108. The van der Waals surface area contributed by atoms with Crippen LogP contribution in [-0.4, -0.2) is 10.2 Å². The normalized spacial score (nSPS) is 10.7. The Bertz CT molecular complexity index is 800. The number of nitrogens with zero attached hydrogens (tertiary/aromatic N) is 1. The molecular weight excluding hydrogens is 293 g/mol. The van der Waals surface area contributed by atoms with Crippen LogP contribution >= 0.6 is 23.2 Å². The van der Waals surface area contributed by atoms with Gasteiger partial charge in [0.2, 0.25) is 0 Å². The fourth-order valence-corrected chi connectivity index (χ4v) is 2.51.